The van der Waals surface area contributed by atoms with Gasteiger partial charge in [-0.2, -0.15) is 5.10 Å². The molecule has 0 N–H and O–H groups in total. The van der Waals surface area contributed by atoms with Crippen molar-refractivity contribution in [3.63, 3.8) is 0 Å². The largest absolute Gasteiger partial charge is 0.219 e. The van der Waals surface area contributed by atoms with Crippen molar-refractivity contribution in [2.45, 2.75) is 19.8 Å². The standard InChI is InChI=1S/C12H12ClFN2/c1-8(2)10-7-12(13)16(15-10)11-6-4-3-5-9(11)14/h3-8H,1-2H3. The van der Waals surface area contributed by atoms with Crippen molar-refractivity contribution in [2.75, 3.05) is 0 Å². The predicted octanol–water partition coefficient (Wildman–Crippen LogP) is 3.79. The van der Waals surface area contributed by atoms with Crippen molar-refractivity contribution in [3.8, 4) is 5.69 Å². The minimum absolute atomic E-state index is 0.269. The van der Waals surface area contributed by atoms with E-state index in [1.54, 1.807) is 24.3 Å². The number of halogens is 2. The van der Waals surface area contributed by atoms with E-state index in [2.05, 4.69) is 5.10 Å². The van der Waals surface area contributed by atoms with Crippen LogP contribution in [0.5, 0.6) is 0 Å². The Morgan fingerprint density at radius 1 is 1.31 bits per heavy atom. The highest BCUT2D eigenvalue weighted by Gasteiger charge is 2.12. The number of rotatable bonds is 2. The first-order valence-corrected chi connectivity index (χ1v) is 5.47. The molecule has 0 fully saturated rings. The van der Waals surface area contributed by atoms with Crippen LogP contribution < -0.4 is 0 Å². The van der Waals surface area contributed by atoms with Gasteiger partial charge in [0.25, 0.3) is 0 Å². The van der Waals surface area contributed by atoms with Gasteiger partial charge in [0, 0.05) is 0 Å². The van der Waals surface area contributed by atoms with Gasteiger partial charge in [-0.1, -0.05) is 37.6 Å². The van der Waals surface area contributed by atoms with E-state index in [0.29, 0.717) is 10.8 Å². The summed E-state index contributed by atoms with van der Waals surface area (Å²) in [5, 5.41) is 4.71. The summed E-state index contributed by atoms with van der Waals surface area (Å²) >= 11 is 6.03. The van der Waals surface area contributed by atoms with Crippen LogP contribution in [0.3, 0.4) is 0 Å². The summed E-state index contributed by atoms with van der Waals surface area (Å²) in [6.45, 7) is 4.04. The Morgan fingerprint density at radius 3 is 2.56 bits per heavy atom. The van der Waals surface area contributed by atoms with Gasteiger partial charge < -0.3 is 0 Å². The molecule has 0 saturated heterocycles. The number of benzene rings is 1. The number of para-hydroxylation sites is 1. The molecule has 2 rings (SSSR count). The average Bonchev–Trinajstić information content (AvgIpc) is 2.61. The molecule has 0 aliphatic rings. The number of aromatic nitrogens is 2. The topological polar surface area (TPSA) is 17.8 Å². The third-order valence-electron chi connectivity index (χ3n) is 2.36. The molecular formula is C12H12ClFN2. The number of hydrogen-bond acceptors (Lipinski definition) is 1. The van der Waals surface area contributed by atoms with Crippen molar-refractivity contribution in [3.05, 3.63) is 47.0 Å². The van der Waals surface area contributed by atoms with Crippen molar-refractivity contribution < 1.29 is 4.39 Å². The molecule has 0 unspecified atom stereocenters. The average molecular weight is 239 g/mol. The Bertz CT molecular complexity index is 505. The molecule has 0 spiro atoms. The highest BCUT2D eigenvalue weighted by atomic mass is 35.5. The molecule has 0 atom stereocenters. The van der Waals surface area contributed by atoms with E-state index >= 15 is 0 Å². The van der Waals surface area contributed by atoms with Crippen LogP contribution in [0.15, 0.2) is 30.3 Å². The molecule has 0 saturated carbocycles. The zero-order chi connectivity index (χ0) is 11.7. The second-order valence-electron chi connectivity index (χ2n) is 3.91. The normalized spacial score (nSPS) is 11.1. The van der Waals surface area contributed by atoms with Gasteiger partial charge in [-0.3, -0.25) is 0 Å². The fourth-order valence-corrected chi connectivity index (χ4v) is 1.69. The first-order valence-electron chi connectivity index (χ1n) is 5.10. The molecular weight excluding hydrogens is 227 g/mol. The summed E-state index contributed by atoms with van der Waals surface area (Å²) in [5.41, 5.74) is 1.23. The SMILES string of the molecule is CC(C)c1cc(Cl)n(-c2ccccc2F)n1. The highest BCUT2D eigenvalue weighted by molar-refractivity contribution is 6.29. The molecule has 0 radical (unpaired) electrons. The molecule has 1 aromatic carbocycles. The van der Waals surface area contributed by atoms with Crippen molar-refractivity contribution in [2.24, 2.45) is 0 Å². The molecule has 0 aliphatic carbocycles. The highest BCUT2D eigenvalue weighted by Crippen LogP contribution is 2.22. The summed E-state index contributed by atoms with van der Waals surface area (Å²) < 4.78 is 15.0. The lowest BCUT2D eigenvalue weighted by Gasteiger charge is -2.04. The lowest BCUT2D eigenvalue weighted by molar-refractivity contribution is 0.608. The Labute approximate surface area is 98.7 Å². The van der Waals surface area contributed by atoms with E-state index in [9.17, 15) is 4.39 Å². The van der Waals surface area contributed by atoms with Gasteiger partial charge in [-0.15, -0.1) is 0 Å². The van der Waals surface area contributed by atoms with Crippen LogP contribution in [0.4, 0.5) is 4.39 Å². The quantitative estimate of drug-likeness (QED) is 0.778. The maximum absolute atomic E-state index is 13.5. The molecule has 84 valence electrons. The van der Waals surface area contributed by atoms with E-state index in [1.807, 2.05) is 13.8 Å². The van der Waals surface area contributed by atoms with E-state index in [1.165, 1.54) is 10.7 Å². The van der Waals surface area contributed by atoms with E-state index in [-0.39, 0.29) is 11.7 Å². The zero-order valence-corrected chi connectivity index (χ0v) is 9.87. The van der Waals surface area contributed by atoms with Crippen molar-refractivity contribution in [1.29, 1.82) is 0 Å². The van der Waals surface area contributed by atoms with Crippen molar-refractivity contribution in [1.82, 2.24) is 9.78 Å². The monoisotopic (exact) mass is 238 g/mol. The van der Waals surface area contributed by atoms with E-state index in [4.69, 9.17) is 11.6 Å². The molecule has 2 aromatic rings. The number of nitrogens with zero attached hydrogens (tertiary/aromatic N) is 2. The smallest absolute Gasteiger partial charge is 0.148 e. The maximum Gasteiger partial charge on any atom is 0.148 e. The van der Waals surface area contributed by atoms with Gasteiger partial charge >= 0.3 is 0 Å². The molecule has 4 heteroatoms. The van der Waals surface area contributed by atoms with E-state index < -0.39 is 0 Å². The number of hydrogen-bond donors (Lipinski definition) is 0. The van der Waals surface area contributed by atoms with Crippen LogP contribution >= 0.6 is 11.6 Å². The molecule has 16 heavy (non-hydrogen) atoms. The summed E-state index contributed by atoms with van der Waals surface area (Å²) in [7, 11) is 0. The van der Waals surface area contributed by atoms with Crippen LogP contribution in [0.25, 0.3) is 5.69 Å². The molecule has 0 aliphatic heterocycles. The van der Waals surface area contributed by atoms with Crippen molar-refractivity contribution >= 4 is 11.6 Å². The lowest BCUT2D eigenvalue weighted by Crippen LogP contribution is -2.00. The first-order chi connectivity index (χ1) is 7.59. The minimum atomic E-state index is -0.331. The van der Waals surface area contributed by atoms with Crippen LogP contribution in [-0.4, -0.2) is 9.78 Å². The van der Waals surface area contributed by atoms with Crippen LogP contribution in [0.2, 0.25) is 5.15 Å². The maximum atomic E-state index is 13.5. The third-order valence-corrected chi connectivity index (χ3v) is 2.63. The van der Waals surface area contributed by atoms with Crippen LogP contribution in [-0.2, 0) is 0 Å². The van der Waals surface area contributed by atoms with Gasteiger partial charge in [-0.05, 0) is 24.1 Å². The fraction of sp³-hybridized carbons (Fsp3) is 0.250. The van der Waals surface area contributed by atoms with Gasteiger partial charge in [-0.25, -0.2) is 9.07 Å². The summed E-state index contributed by atoms with van der Waals surface area (Å²) in [4.78, 5) is 0. The zero-order valence-electron chi connectivity index (χ0n) is 9.11. The summed E-state index contributed by atoms with van der Waals surface area (Å²) in [6.07, 6.45) is 0. The third kappa shape index (κ3) is 1.95. The fourth-order valence-electron chi connectivity index (χ4n) is 1.45. The molecule has 2 nitrogen and oxygen atoms in total. The second kappa shape index (κ2) is 4.26. The molecule has 0 amide bonds. The summed E-state index contributed by atoms with van der Waals surface area (Å²) in [6, 6.07) is 8.20. The Hall–Kier alpha value is -1.35. The van der Waals surface area contributed by atoms with Crippen LogP contribution in [0, 0.1) is 5.82 Å². The Kier molecular flexibility index (Phi) is 2.97. The Morgan fingerprint density at radius 2 is 2.00 bits per heavy atom. The predicted molar refractivity (Wildman–Crippen MR) is 62.6 cm³/mol. The van der Waals surface area contributed by atoms with Crippen LogP contribution in [0.1, 0.15) is 25.5 Å². The first kappa shape index (κ1) is 11.1. The van der Waals surface area contributed by atoms with E-state index in [0.717, 1.165) is 5.69 Å². The minimum Gasteiger partial charge on any atom is -0.219 e. The molecule has 1 aromatic heterocycles. The van der Waals surface area contributed by atoms with Gasteiger partial charge in [0.2, 0.25) is 0 Å². The molecule has 1 heterocycles. The van der Waals surface area contributed by atoms with Gasteiger partial charge in [0.1, 0.15) is 16.7 Å². The second-order valence-corrected chi connectivity index (χ2v) is 4.30. The van der Waals surface area contributed by atoms with Gasteiger partial charge in [0.05, 0.1) is 5.69 Å². The van der Waals surface area contributed by atoms with Gasteiger partial charge in [0.15, 0.2) is 0 Å². The Balaban J connectivity index is 2.52. The summed E-state index contributed by atoms with van der Waals surface area (Å²) in [5.74, 6) is -0.0617. The lowest BCUT2D eigenvalue weighted by atomic mass is 10.1. The molecule has 0 bridgehead atoms.